The number of likely N-dealkylation sites (N-methyl/N-ethyl adjacent to an activating group) is 1. The van der Waals surface area contributed by atoms with Crippen LogP contribution in [-0.2, 0) is 5.75 Å². The first-order valence-corrected chi connectivity index (χ1v) is 8.36. The van der Waals surface area contributed by atoms with E-state index in [0.29, 0.717) is 0 Å². The Morgan fingerprint density at radius 2 is 1.85 bits per heavy atom. The maximum Gasteiger partial charge on any atom is 0.118 e. The van der Waals surface area contributed by atoms with Gasteiger partial charge in [0.1, 0.15) is 5.75 Å². The van der Waals surface area contributed by atoms with E-state index in [2.05, 4.69) is 35.4 Å². The average molecular weight is 293 g/mol. The molecule has 0 spiro atoms. The Labute approximate surface area is 127 Å². The van der Waals surface area contributed by atoms with Crippen LogP contribution in [0.25, 0.3) is 0 Å². The lowest BCUT2D eigenvalue weighted by molar-refractivity contribution is 0.163. The molecule has 2 rings (SSSR count). The molecule has 0 aromatic heterocycles. The lowest BCUT2D eigenvalue weighted by atomic mass is 10.2. The molecule has 0 bridgehead atoms. The van der Waals surface area contributed by atoms with Crippen molar-refractivity contribution >= 4 is 11.8 Å². The van der Waals surface area contributed by atoms with E-state index >= 15 is 0 Å². The second-order valence-electron chi connectivity index (χ2n) is 5.26. The van der Waals surface area contributed by atoms with Crippen LogP contribution in [0.5, 0.6) is 5.75 Å². The summed E-state index contributed by atoms with van der Waals surface area (Å²) in [5.41, 5.74) is 1.36. The summed E-state index contributed by atoms with van der Waals surface area (Å²) in [6.07, 6.45) is 2.40. The van der Waals surface area contributed by atoms with Crippen molar-refractivity contribution in [1.29, 1.82) is 0 Å². The fraction of sp³-hybridized carbons (Fsp3) is 0.562. The van der Waals surface area contributed by atoms with Crippen LogP contribution in [-0.4, -0.2) is 62.4 Å². The second kappa shape index (κ2) is 8.55. The third-order valence-electron chi connectivity index (χ3n) is 3.65. The second-order valence-corrected chi connectivity index (χ2v) is 6.29. The van der Waals surface area contributed by atoms with Crippen molar-refractivity contribution in [3.63, 3.8) is 0 Å². The first-order chi connectivity index (χ1) is 9.78. The maximum atomic E-state index is 5.17. The molecule has 1 radical (unpaired) electrons. The molecular weight excluding hydrogens is 268 g/mol. The smallest absolute Gasteiger partial charge is 0.118 e. The Balaban J connectivity index is 1.55. The average Bonchev–Trinajstić information content (AvgIpc) is 2.49. The van der Waals surface area contributed by atoms with E-state index in [0.717, 1.165) is 23.8 Å². The van der Waals surface area contributed by atoms with Gasteiger partial charge in [0.2, 0.25) is 0 Å². The molecule has 0 atom stereocenters. The molecule has 1 aromatic carbocycles. The summed E-state index contributed by atoms with van der Waals surface area (Å²) in [6, 6.07) is 8.35. The van der Waals surface area contributed by atoms with E-state index in [1.807, 2.05) is 23.9 Å². The predicted octanol–water partition coefficient (Wildman–Crippen LogP) is 2.38. The van der Waals surface area contributed by atoms with Gasteiger partial charge in [0.15, 0.2) is 0 Å². The molecule has 1 fully saturated rings. The fourth-order valence-electron chi connectivity index (χ4n) is 2.25. The monoisotopic (exact) mass is 293 g/mol. The minimum Gasteiger partial charge on any atom is -0.497 e. The van der Waals surface area contributed by atoms with Crippen molar-refractivity contribution in [2.45, 2.75) is 5.75 Å². The Bertz CT molecular complexity index is 375. The van der Waals surface area contributed by atoms with Gasteiger partial charge < -0.3 is 14.5 Å². The van der Waals surface area contributed by atoms with E-state index in [9.17, 15) is 0 Å². The SMILES string of the molecule is COc1ccc(CSC[CH]CN2CCN(C)CC2)cc1. The largest absolute Gasteiger partial charge is 0.497 e. The van der Waals surface area contributed by atoms with Crippen LogP contribution in [0.4, 0.5) is 0 Å². The van der Waals surface area contributed by atoms with Gasteiger partial charge in [-0.15, -0.1) is 0 Å². The van der Waals surface area contributed by atoms with Crippen LogP contribution in [0, 0.1) is 6.42 Å². The van der Waals surface area contributed by atoms with Crippen molar-refractivity contribution in [2.24, 2.45) is 0 Å². The van der Waals surface area contributed by atoms with Crippen LogP contribution in [0.1, 0.15) is 5.56 Å². The highest BCUT2D eigenvalue weighted by molar-refractivity contribution is 7.98. The summed E-state index contributed by atoms with van der Waals surface area (Å²) in [7, 11) is 3.91. The molecule has 1 heterocycles. The van der Waals surface area contributed by atoms with Crippen LogP contribution >= 0.6 is 11.8 Å². The Kier molecular flexibility index (Phi) is 6.70. The zero-order valence-electron chi connectivity index (χ0n) is 12.5. The molecule has 0 aliphatic carbocycles. The highest BCUT2D eigenvalue weighted by Crippen LogP contribution is 2.17. The molecule has 20 heavy (non-hydrogen) atoms. The molecule has 111 valence electrons. The molecule has 0 amide bonds. The Hall–Kier alpha value is -0.710. The summed E-state index contributed by atoms with van der Waals surface area (Å²) < 4.78 is 5.17. The van der Waals surface area contributed by atoms with Crippen molar-refractivity contribution in [1.82, 2.24) is 9.80 Å². The van der Waals surface area contributed by atoms with Crippen molar-refractivity contribution in [2.75, 3.05) is 52.6 Å². The standard InChI is InChI=1S/C16H25N2OS/c1-17-9-11-18(12-10-17)8-3-13-20-14-15-4-6-16(19-2)7-5-15/h3-7H,8-14H2,1-2H3. The highest BCUT2D eigenvalue weighted by atomic mass is 32.2. The van der Waals surface area contributed by atoms with Gasteiger partial charge in [0.05, 0.1) is 7.11 Å². The van der Waals surface area contributed by atoms with Crippen molar-refractivity contribution in [3.05, 3.63) is 36.2 Å². The summed E-state index contributed by atoms with van der Waals surface area (Å²) in [4.78, 5) is 4.93. The van der Waals surface area contributed by atoms with Gasteiger partial charge >= 0.3 is 0 Å². The van der Waals surface area contributed by atoms with Crippen LogP contribution in [0.2, 0.25) is 0 Å². The third-order valence-corrected chi connectivity index (χ3v) is 4.66. The molecule has 0 N–H and O–H groups in total. The van der Waals surface area contributed by atoms with Crippen LogP contribution in [0.15, 0.2) is 24.3 Å². The van der Waals surface area contributed by atoms with Crippen LogP contribution in [0.3, 0.4) is 0 Å². The zero-order valence-corrected chi connectivity index (χ0v) is 13.4. The Morgan fingerprint density at radius 1 is 1.15 bits per heavy atom. The fourth-order valence-corrected chi connectivity index (χ4v) is 3.07. The Morgan fingerprint density at radius 3 is 2.50 bits per heavy atom. The first-order valence-electron chi connectivity index (χ1n) is 7.21. The van der Waals surface area contributed by atoms with Crippen molar-refractivity contribution < 1.29 is 4.74 Å². The molecular formula is C16H25N2OS. The van der Waals surface area contributed by atoms with Gasteiger partial charge in [0.25, 0.3) is 0 Å². The molecule has 1 aliphatic heterocycles. The summed E-state index contributed by atoms with van der Waals surface area (Å²) >= 11 is 1.98. The number of rotatable bonds is 7. The van der Waals surface area contributed by atoms with Gasteiger partial charge in [-0.05, 0) is 36.9 Å². The minimum atomic E-state index is 0.931. The highest BCUT2D eigenvalue weighted by Gasteiger charge is 2.12. The molecule has 4 heteroatoms. The van der Waals surface area contributed by atoms with E-state index in [1.165, 1.54) is 31.7 Å². The number of thioether (sulfide) groups is 1. The molecule has 1 saturated heterocycles. The van der Waals surface area contributed by atoms with Gasteiger partial charge in [-0.1, -0.05) is 12.1 Å². The van der Waals surface area contributed by atoms with Gasteiger partial charge in [-0.2, -0.15) is 11.8 Å². The number of hydrogen-bond acceptors (Lipinski definition) is 4. The topological polar surface area (TPSA) is 15.7 Å². The third kappa shape index (κ3) is 5.35. The minimum absolute atomic E-state index is 0.931. The number of piperazine rings is 1. The molecule has 0 saturated carbocycles. The summed E-state index contributed by atoms with van der Waals surface area (Å²) in [5, 5.41) is 0. The number of ether oxygens (including phenoxy) is 1. The zero-order chi connectivity index (χ0) is 14.2. The molecule has 0 unspecified atom stereocenters. The number of methoxy groups -OCH3 is 1. The van der Waals surface area contributed by atoms with Gasteiger partial charge in [0, 0.05) is 38.5 Å². The number of hydrogen-bond donors (Lipinski definition) is 0. The lowest BCUT2D eigenvalue weighted by Gasteiger charge is -2.32. The quantitative estimate of drug-likeness (QED) is 0.717. The van der Waals surface area contributed by atoms with E-state index in [-0.39, 0.29) is 0 Å². The maximum absolute atomic E-state index is 5.17. The molecule has 1 aliphatic rings. The predicted molar refractivity (Wildman–Crippen MR) is 87.4 cm³/mol. The molecule has 3 nitrogen and oxygen atoms in total. The van der Waals surface area contributed by atoms with Crippen molar-refractivity contribution in [3.8, 4) is 5.75 Å². The van der Waals surface area contributed by atoms with Gasteiger partial charge in [-0.25, -0.2) is 0 Å². The summed E-state index contributed by atoms with van der Waals surface area (Å²) in [5.74, 6) is 3.13. The van der Waals surface area contributed by atoms with E-state index in [1.54, 1.807) is 7.11 Å². The van der Waals surface area contributed by atoms with Crippen LogP contribution < -0.4 is 4.74 Å². The normalized spacial score (nSPS) is 17.3. The lowest BCUT2D eigenvalue weighted by Crippen LogP contribution is -2.44. The number of nitrogens with zero attached hydrogens (tertiary/aromatic N) is 2. The van der Waals surface area contributed by atoms with E-state index < -0.39 is 0 Å². The van der Waals surface area contributed by atoms with Gasteiger partial charge in [-0.3, -0.25) is 0 Å². The van der Waals surface area contributed by atoms with E-state index in [4.69, 9.17) is 4.74 Å². The summed E-state index contributed by atoms with van der Waals surface area (Å²) in [6.45, 7) is 5.94. The first kappa shape index (κ1) is 15.7. The number of benzene rings is 1. The molecule has 1 aromatic rings.